The lowest BCUT2D eigenvalue weighted by molar-refractivity contribution is 0.0324. The minimum atomic E-state index is 0.434. The van der Waals surface area contributed by atoms with E-state index in [0.717, 1.165) is 19.1 Å². The zero-order chi connectivity index (χ0) is 11.4. The minimum absolute atomic E-state index is 0.434. The number of nitrogens with zero attached hydrogens (tertiary/aromatic N) is 1. The van der Waals surface area contributed by atoms with Gasteiger partial charge in [-0.25, -0.2) is 0 Å². The SMILES string of the molecule is CN(CC1CCCOC1)C1CCCC(N)C1. The average Bonchev–Trinajstić information content (AvgIpc) is 2.30. The summed E-state index contributed by atoms with van der Waals surface area (Å²) in [5.74, 6) is 0.747. The van der Waals surface area contributed by atoms with Gasteiger partial charge in [0.15, 0.2) is 0 Å². The van der Waals surface area contributed by atoms with Gasteiger partial charge in [-0.3, -0.25) is 0 Å². The van der Waals surface area contributed by atoms with Gasteiger partial charge in [-0.2, -0.15) is 0 Å². The molecule has 2 rings (SSSR count). The summed E-state index contributed by atoms with van der Waals surface area (Å²) in [4.78, 5) is 2.53. The summed E-state index contributed by atoms with van der Waals surface area (Å²) >= 11 is 0. The van der Waals surface area contributed by atoms with Crippen LogP contribution in [0.1, 0.15) is 38.5 Å². The fourth-order valence-corrected chi connectivity index (χ4v) is 3.11. The quantitative estimate of drug-likeness (QED) is 0.794. The summed E-state index contributed by atoms with van der Waals surface area (Å²) in [6.07, 6.45) is 7.61. The third-order valence-corrected chi connectivity index (χ3v) is 4.11. The van der Waals surface area contributed by atoms with E-state index in [9.17, 15) is 0 Å². The van der Waals surface area contributed by atoms with Crippen molar-refractivity contribution in [2.45, 2.75) is 50.6 Å². The largest absolute Gasteiger partial charge is 0.381 e. The Kier molecular flexibility index (Phi) is 4.62. The Hall–Kier alpha value is -0.120. The van der Waals surface area contributed by atoms with Crippen LogP contribution in [0.2, 0.25) is 0 Å². The predicted octanol–water partition coefficient (Wildman–Crippen LogP) is 1.61. The third-order valence-electron chi connectivity index (χ3n) is 4.11. The average molecular weight is 226 g/mol. The van der Waals surface area contributed by atoms with E-state index in [1.165, 1.54) is 45.1 Å². The number of hydrogen-bond acceptors (Lipinski definition) is 3. The zero-order valence-corrected chi connectivity index (χ0v) is 10.5. The van der Waals surface area contributed by atoms with E-state index in [4.69, 9.17) is 10.5 Å². The van der Waals surface area contributed by atoms with E-state index in [-0.39, 0.29) is 0 Å². The van der Waals surface area contributed by atoms with E-state index in [0.29, 0.717) is 12.1 Å². The van der Waals surface area contributed by atoms with Crippen molar-refractivity contribution in [3.05, 3.63) is 0 Å². The minimum Gasteiger partial charge on any atom is -0.381 e. The van der Waals surface area contributed by atoms with Crippen LogP contribution < -0.4 is 5.73 Å². The Morgan fingerprint density at radius 1 is 1.25 bits per heavy atom. The molecule has 3 nitrogen and oxygen atoms in total. The highest BCUT2D eigenvalue weighted by Gasteiger charge is 2.25. The van der Waals surface area contributed by atoms with Gasteiger partial charge in [0.2, 0.25) is 0 Å². The first-order chi connectivity index (χ1) is 7.75. The van der Waals surface area contributed by atoms with Crippen molar-refractivity contribution < 1.29 is 4.74 Å². The molecule has 94 valence electrons. The van der Waals surface area contributed by atoms with Crippen LogP contribution in [0.4, 0.5) is 0 Å². The number of nitrogens with two attached hydrogens (primary N) is 1. The molecule has 0 aromatic heterocycles. The molecule has 3 heteroatoms. The van der Waals surface area contributed by atoms with Crippen LogP contribution in [-0.2, 0) is 4.74 Å². The fourth-order valence-electron chi connectivity index (χ4n) is 3.11. The van der Waals surface area contributed by atoms with Gasteiger partial charge in [0.05, 0.1) is 6.61 Å². The number of rotatable bonds is 3. The van der Waals surface area contributed by atoms with Crippen molar-refractivity contribution in [3.8, 4) is 0 Å². The molecule has 0 amide bonds. The molecule has 2 aliphatic rings. The van der Waals surface area contributed by atoms with E-state index < -0.39 is 0 Å². The number of hydrogen-bond donors (Lipinski definition) is 1. The van der Waals surface area contributed by atoms with Crippen LogP contribution >= 0.6 is 0 Å². The molecule has 1 heterocycles. The molecule has 3 atom stereocenters. The van der Waals surface area contributed by atoms with Gasteiger partial charge in [0, 0.05) is 25.2 Å². The van der Waals surface area contributed by atoms with Gasteiger partial charge < -0.3 is 15.4 Å². The first-order valence-electron chi connectivity index (χ1n) is 6.79. The second-order valence-corrected chi connectivity index (χ2v) is 5.60. The molecule has 2 fully saturated rings. The van der Waals surface area contributed by atoms with Crippen LogP contribution in [0.5, 0.6) is 0 Å². The van der Waals surface area contributed by atoms with Gasteiger partial charge >= 0.3 is 0 Å². The monoisotopic (exact) mass is 226 g/mol. The van der Waals surface area contributed by atoms with Crippen molar-refractivity contribution in [1.82, 2.24) is 4.90 Å². The molecule has 0 bridgehead atoms. The normalized spacial score (nSPS) is 36.6. The molecule has 1 saturated carbocycles. The van der Waals surface area contributed by atoms with Crippen molar-refractivity contribution in [2.75, 3.05) is 26.8 Å². The fraction of sp³-hybridized carbons (Fsp3) is 1.00. The highest BCUT2D eigenvalue weighted by molar-refractivity contribution is 4.82. The third kappa shape index (κ3) is 3.44. The molecule has 3 unspecified atom stereocenters. The zero-order valence-electron chi connectivity index (χ0n) is 10.5. The summed E-state index contributed by atoms with van der Waals surface area (Å²) in [7, 11) is 2.26. The van der Waals surface area contributed by atoms with Crippen molar-refractivity contribution in [1.29, 1.82) is 0 Å². The van der Waals surface area contributed by atoms with Gasteiger partial charge in [0.1, 0.15) is 0 Å². The van der Waals surface area contributed by atoms with Crippen molar-refractivity contribution in [2.24, 2.45) is 11.7 Å². The molecular weight excluding hydrogens is 200 g/mol. The Morgan fingerprint density at radius 2 is 2.12 bits per heavy atom. The Balaban J connectivity index is 1.75. The maximum atomic E-state index is 6.04. The predicted molar refractivity (Wildman–Crippen MR) is 66.4 cm³/mol. The van der Waals surface area contributed by atoms with Crippen molar-refractivity contribution >= 4 is 0 Å². The van der Waals surface area contributed by atoms with Gasteiger partial charge in [-0.05, 0) is 45.1 Å². The maximum absolute atomic E-state index is 6.04. The van der Waals surface area contributed by atoms with Crippen LogP contribution in [-0.4, -0.2) is 43.8 Å². The van der Waals surface area contributed by atoms with Crippen LogP contribution in [0, 0.1) is 5.92 Å². The molecule has 16 heavy (non-hydrogen) atoms. The van der Waals surface area contributed by atoms with E-state index >= 15 is 0 Å². The first-order valence-corrected chi connectivity index (χ1v) is 6.79. The van der Waals surface area contributed by atoms with E-state index in [1.807, 2.05) is 0 Å². The maximum Gasteiger partial charge on any atom is 0.0506 e. The Labute approximate surface area is 99.3 Å². The van der Waals surface area contributed by atoms with Crippen molar-refractivity contribution in [3.63, 3.8) is 0 Å². The summed E-state index contributed by atoms with van der Waals surface area (Å²) in [6, 6.07) is 1.15. The topological polar surface area (TPSA) is 38.5 Å². The Morgan fingerprint density at radius 3 is 2.81 bits per heavy atom. The molecule has 0 aromatic rings. The highest BCUT2D eigenvalue weighted by Crippen LogP contribution is 2.23. The second kappa shape index (κ2) is 5.99. The molecule has 1 saturated heterocycles. The lowest BCUT2D eigenvalue weighted by Crippen LogP contribution is -2.43. The summed E-state index contributed by atoms with van der Waals surface area (Å²) < 4.78 is 5.54. The standard InChI is InChI=1S/C13H26N2O/c1-15(9-11-4-3-7-16-10-11)13-6-2-5-12(14)8-13/h11-13H,2-10,14H2,1H3. The molecule has 1 aliphatic carbocycles. The lowest BCUT2D eigenvalue weighted by Gasteiger charge is -2.36. The highest BCUT2D eigenvalue weighted by atomic mass is 16.5. The summed E-state index contributed by atoms with van der Waals surface area (Å²) in [5.41, 5.74) is 6.04. The smallest absolute Gasteiger partial charge is 0.0506 e. The second-order valence-electron chi connectivity index (χ2n) is 5.60. The van der Waals surface area contributed by atoms with Crippen LogP contribution in [0.25, 0.3) is 0 Å². The van der Waals surface area contributed by atoms with Crippen LogP contribution in [0.3, 0.4) is 0 Å². The summed E-state index contributed by atoms with van der Waals surface area (Å²) in [5, 5.41) is 0. The first kappa shape index (κ1) is 12.3. The van der Waals surface area contributed by atoms with E-state index in [2.05, 4.69) is 11.9 Å². The van der Waals surface area contributed by atoms with Gasteiger partial charge in [-0.1, -0.05) is 6.42 Å². The van der Waals surface area contributed by atoms with Crippen LogP contribution in [0.15, 0.2) is 0 Å². The van der Waals surface area contributed by atoms with Gasteiger partial charge in [0.25, 0.3) is 0 Å². The molecule has 0 radical (unpaired) electrons. The molecule has 0 spiro atoms. The molecule has 1 aliphatic heterocycles. The molecule has 2 N–H and O–H groups in total. The molecule has 0 aromatic carbocycles. The molecular formula is C13H26N2O. The van der Waals surface area contributed by atoms with E-state index in [1.54, 1.807) is 0 Å². The summed E-state index contributed by atoms with van der Waals surface area (Å²) in [6.45, 7) is 3.12. The Bertz CT molecular complexity index is 204. The lowest BCUT2D eigenvalue weighted by atomic mass is 9.90. The van der Waals surface area contributed by atoms with Gasteiger partial charge in [-0.15, -0.1) is 0 Å². The number of ether oxygens (including phenoxy) is 1.